The summed E-state index contributed by atoms with van der Waals surface area (Å²) in [6.45, 7) is 0. The molecule has 0 aromatic carbocycles. The van der Waals surface area contributed by atoms with Crippen molar-refractivity contribution in [2.24, 2.45) is 0 Å². The average Bonchev–Trinajstić information content (AvgIpc) is 1.96. The molecule has 0 aliphatic heterocycles. The Morgan fingerprint density at radius 3 is 2.31 bits per heavy atom. The van der Waals surface area contributed by atoms with Crippen LogP contribution in [0.4, 0.5) is 0 Å². The molecule has 0 saturated heterocycles. The van der Waals surface area contributed by atoms with E-state index in [0.29, 0.717) is 0 Å². The van der Waals surface area contributed by atoms with Crippen LogP contribution in [0, 0.1) is 0 Å². The molecule has 0 atom stereocenters. The molecule has 1 aromatic heterocycles. The number of hydrogen-bond donors (Lipinski definition) is 1. The molecular formula is C6H3Cl4NO2. The summed E-state index contributed by atoms with van der Waals surface area (Å²) >= 11 is 16.5. The van der Waals surface area contributed by atoms with E-state index in [1.807, 2.05) is 0 Å². The zero-order valence-electron chi connectivity index (χ0n) is 5.92. The van der Waals surface area contributed by atoms with E-state index in [1.165, 1.54) is 6.07 Å². The van der Waals surface area contributed by atoms with Gasteiger partial charge in [0.15, 0.2) is 5.69 Å². The molecule has 7 heteroatoms. The molecule has 0 bridgehead atoms. The second-order valence-corrected chi connectivity index (χ2v) is 3.07. The molecule has 0 radical (unpaired) electrons. The number of carbonyl (C=O) groups is 1. The summed E-state index contributed by atoms with van der Waals surface area (Å²) in [5, 5.41) is 8.56. The van der Waals surface area contributed by atoms with Crippen molar-refractivity contribution in [3.8, 4) is 0 Å². The van der Waals surface area contributed by atoms with Gasteiger partial charge in [0.05, 0.1) is 10.0 Å². The number of nitrogens with zero attached hydrogens (tertiary/aromatic N) is 1. The molecule has 0 aliphatic carbocycles. The maximum Gasteiger partial charge on any atom is 0.356 e. The lowest BCUT2D eigenvalue weighted by molar-refractivity contribution is 0.0691. The lowest BCUT2D eigenvalue weighted by atomic mass is 10.3. The van der Waals surface area contributed by atoms with Crippen molar-refractivity contribution in [1.82, 2.24) is 4.98 Å². The summed E-state index contributed by atoms with van der Waals surface area (Å²) in [6, 6.07) is 1.24. The SMILES string of the molecule is Cl.O=C(O)c1nc(Cl)c(Cl)cc1Cl. The first-order valence-electron chi connectivity index (χ1n) is 2.77. The topological polar surface area (TPSA) is 50.2 Å². The number of hydrogen-bond acceptors (Lipinski definition) is 2. The van der Waals surface area contributed by atoms with E-state index >= 15 is 0 Å². The first kappa shape index (κ1) is 12.8. The van der Waals surface area contributed by atoms with E-state index in [1.54, 1.807) is 0 Å². The third-order valence-corrected chi connectivity index (χ3v) is 2.05. The van der Waals surface area contributed by atoms with Crippen molar-refractivity contribution < 1.29 is 9.90 Å². The molecular weight excluding hydrogens is 260 g/mol. The van der Waals surface area contributed by atoms with Crippen LogP contribution >= 0.6 is 47.2 Å². The summed E-state index contributed by atoms with van der Waals surface area (Å²) in [5.74, 6) is -1.24. The molecule has 13 heavy (non-hydrogen) atoms. The molecule has 1 N–H and O–H groups in total. The fourth-order valence-corrected chi connectivity index (χ4v) is 1.17. The Bertz CT molecular complexity index is 342. The highest BCUT2D eigenvalue weighted by molar-refractivity contribution is 6.42. The highest BCUT2D eigenvalue weighted by Gasteiger charge is 2.13. The van der Waals surface area contributed by atoms with Gasteiger partial charge in [0.25, 0.3) is 0 Å². The maximum absolute atomic E-state index is 10.4. The zero-order chi connectivity index (χ0) is 9.30. The molecule has 72 valence electrons. The highest BCUT2D eigenvalue weighted by Crippen LogP contribution is 2.25. The van der Waals surface area contributed by atoms with E-state index in [0.717, 1.165) is 0 Å². The van der Waals surface area contributed by atoms with Crippen LogP contribution < -0.4 is 0 Å². The summed E-state index contributed by atoms with van der Waals surface area (Å²) in [5.41, 5.74) is -0.300. The Labute approximate surface area is 95.0 Å². The summed E-state index contributed by atoms with van der Waals surface area (Å²) in [4.78, 5) is 13.9. The van der Waals surface area contributed by atoms with Crippen molar-refractivity contribution in [3.05, 3.63) is 27.0 Å². The van der Waals surface area contributed by atoms with E-state index in [4.69, 9.17) is 39.9 Å². The van der Waals surface area contributed by atoms with Gasteiger partial charge < -0.3 is 5.11 Å². The van der Waals surface area contributed by atoms with Gasteiger partial charge >= 0.3 is 5.97 Å². The fourth-order valence-electron chi connectivity index (χ4n) is 0.594. The van der Waals surface area contributed by atoms with Crippen LogP contribution in [0.3, 0.4) is 0 Å². The number of aromatic nitrogens is 1. The van der Waals surface area contributed by atoms with Crippen LogP contribution in [0.15, 0.2) is 6.07 Å². The summed E-state index contributed by atoms with van der Waals surface area (Å²) in [7, 11) is 0. The average molecular weight is 263 g/mol. The van der Waals surface area contributed by atoms with Gasteiger partial charge in [0.2, 0.25) is 0 Å². The first-order valence-corrected chi connectivity index (χ1v) is 3.90. The normalized spacial score (nSPS) is 9.15. The summed E-state index contributed by atoms with van der Waals surface area (Å²) in [6.07, 6.45) is 0. The van der Waals surface area contributed by atoms with Crippen LogP contribution in [-0.4, -0.2) is 16.1 Å². The smallest absolute Gasteiger partial charge is 0.356 e. The fraction of sp³-hybridized carbons (Fsp3) is 0. The third-order valence-electron chi connectivity index (χ3n) is 1.09. The van der Waals surface area contributed by atoms with Crippen molar-refractivity contribution in [1.29, 1.82) is 0 Å². The molecule has 0 unspecified atom stereocenters. The lowest BCUT2D eigenvalue weighted by Gasteiger charge is -1.99. The Balaban J connectivity index is 0.00000144. The Morgan fingerprint density at radius 2 is 1.85 bits per heavy atom. The largest absolute Gasteiger partial charge is 0.476 e. The van der Waals surface area contributed by atoms with Gasteiger partial charge in [-0.1, -0.05) is 34.8 Å². The quantitative estimate of drug-likeness (QED) is 0.791. The van der Waals surface area contributed by atoms with E-state index < -0.39 is 5.97 Å². The molecule has 0 aliphatic rings. The van der Waals surface area contributed by atoms with Gasteiger partial charge in [-0.15, -0.1) is 12.4 Å². The van der Waals surface area contributed by atoms with E-state index in [9.17, 15) is 4.79 Å². The lowest BCUT2D eigenvalue weighted by Crippen LogP contribution is -2.01. The number of carboxylic acid groups (broad SMARTS) is 1. The van der Waals surface area contributed by atoms with Crippen molar-refractivity contribution in [3.63, 3.8) is 0 Å². The Hall–Kier alpha value is -0.220. The van der Waals surface area contributed by atoms with Gasteiger partial charge in [0.1, 0.15) is 5.15 Å². The number of halogens is 4. The molecule has 0 saturated carbocycles. The Morgan fingerprint density at radius 1 is 1.31 bits per heavy atom. The van der Waals surface area contributed by atoms with Crippen molar-refractivity contribution in [2.45, 2.75) is 0 Å². The molecule has 1 rings (SSSR count). The van der Waals surface area contributed by atoms with E-state index in [2.05, 4.69) is 4.98 Å². The Kier molecular flexibility index (Phi) is 4.78. The minimum Gasteiger partial charge on any atom is -0.476 e. The third kappa shape index (κ3) is 2.88. The minimum atomic E-state index is -1.24. The number of carboxylic acids is 1. The molecule has 0 spiro atoms. The number of aromatic carboxylic acids is 1. The van der Waals surface area contributed by atoms with Gasteiger partial charge in [-0.25, -0.2) is 9.78 Å². The second kappa shape index (κ2) is 4.86. The van der Waals surface area contributed by atoms with Crippen LogP contribution in [0.25, 0.3) is 0 Å². The zero-order valence-corrected chi connectivity index (χ0v) is 9.01. The van der Waals surface area contributed by atoms with Crippen molar-refractivity contribution >= 4 is 53.2 Å². The van der Waals surface area contributed by atoms with Crippen molar-refractivity contribution in [2.75, 3.05) is 0 Å². The van der Waals surface area contributed by atoms with Gasteiger partial charge in [-0.2, -0.15) is 0 Å². The number of rotatable bonds is 1. The second-order valence-electron chi connectivity index (χ2n) is 1.90. The highest BCUT2D eigenvalue weighted by atomic mass is 35.5. The molecule has 1 heterocycles. The predicted molar refractivity (Wildman–Crippen MR) is 53.5 cm³/mol. The van der Waals surface area contributed by atoms with Crippen LogP contribution in [0.1, 0.15) is 10.5 Å². The maximum atomic E-state index is 10.4. The minimum absolute atomic E-state index is 0. The van der Waals surface area contributed by atoms with Crippen LogP contribution in [0.2, 0.25) is 15.2 Å². The summed E-state index contributed by atoms with van der Waals surface area (Å²) < 4.78 is 0. The standard InChI is InChI=1S/C6H2Cl3NO2.ClH/c7-2-1-3(8)5(9)10-4(2)6(11)12;/h1H,(H,11,12);1H. The number of pyridine rings is 1. The molecule has 1 aromatic rings. The first-order chi connectivity index (χ1) is 5.52. The molecule has 0 fully saturated rings. The molecule has 3 nitrogen and oxygen atoms in total. The van der Waals surface area contributed by atoms with Gasteiger partial charge in [0, 0.05) is 0 Å². The molecule has 0 amide bonds. The monoisotopic (exact) mass is 261 g/mol. The van der Waals surface area contributed by atoms with E-state index in [-0.39, 0.29) is 33.3 Å². The van der Waals surface area contributed by atoms with Gasteiger partial charge in [-0.05, 0) is 6.07 Å². The predicted octanol–water partition coefficient (Wildman–Crippen LogP) is 3.16. The van der Waals surface area contributed by atoms with Gasteiger partial charge in [-0.3, -0.25) is 0 Å². The van der Waals surface area contributed by atoms with Crippen LogP contribution in [-0.2, 0) is 0 Å². The van der Waals surface area contributed by atoms with Crippen LogP contribution in [0.5, 0.6) is 0 Å².